The van der Waals surface area contributed by atoms with Crippen LogP contribution in [0.5, 0.6) is 0 Å². The Hall–Kier alpha value is -1.61. The lowest BCUT2D eigenvalue weighted by molar-refractivity contribution is 0.0956. The molecule has 0 unspecified atom stereocenters. The molecular formula is C17H18ClFN2O3S2. The summed E-state index contributed by atoms with van der Waals surface area (Å²) in [5.74, 6) is 0.360. The zero-order chi connectivity index (χ0) is 19.2. The van der Waals surface area contributed by atoms with E-state index in [1.54, 1.807) is 18.2 Å². The minimum atomic E-state index is -3.66. The van der Waals surface area contributed by atoms with Crippen LogP contribution in [0.1, 0.15) is 15.9 Å². The molecule has 2 aromatic rings. The summed E-state index contributed by atoms with van der Waals surface area (Å²) in [6.07, 6.45) is 0. The molecule has 5 nitrogen and oxygen atoms in total. The van der Waals surface area contributed by atoms with Gasteiger partial charge >= 0.3 is 0 Å². The first-order valence-electron chi connectivity index (χ1n) is 7.67. The van der Waals surface area contributed by atoms with Crippen molar-refractivity contribution in [2.45, 2.75) is 10.6 Å². The normalized spacial score (nSPS) is 11.3. The van der Waals surface area contributed by atoms with Crippen molar-refractivity contribution in [3.63, 3.8) is 0 Å². The number of thioether (sulfide) groups is 1. The van der Waals surface area contributed by atoms with E-state index in [1.807, 2.05) is 0 Å². The van der Waals surface area contributed by atoms with Crippen LogP contribution in [-0.4, -0.2) is 33.7 Å². The van der Waals surface area contributed by atoms with Crippen molar-refractivity contribution in [1.82, 2.24) is 10.0 Å². The van der Waals surface area contributed by atoms with Crippen molar-refractivity contribution >= 4 is 39.3 Å². The summed E-state index contributed by atoms with van der Waals surface area (Å²) in [5.41, 5.74) is 0.693. The summed E-state index contributed by atoms with van der Waals surface area (Å²) < 4.78 is 39.3. The van der Waals surface area contributed by atoms with Crippen molar-refractivity contribution in [2.24, 2.45) is 0 Å². The first kappa shape index (κ1) is 20.7. The molecule has 0 spiro atoms. The smallest absolute Gasteiger partial charge is 0.252 e. The van der Waals surface area contributed by atoms with E-state index in [0.717, 1.165) is 0 Å². The lowest BCUT2D eigenvalue weighted by Gasteiger charge is -2.09. The molecule has 0 saturated heterocycles. The van der Waals surface area contributed by atoms with Crippen LogP contribution in [0.3, 0.4) is 0 Å². The van der Waals surface area contributed by atoms with Gasteiger partial charge in [0.25, 0.3) is 5.91 Å². The predicted molar refractivity (Wildman–Crippen MR) is 103 cm³/mol. The lowest BCUT2D eigenvalue weighted by Crippen LogP contribution is -2.26. The Balaban J connectivity index is 1.90. The predicted octanol–water partition coefficient (Wildman–Crippen LogP) is 3.05. The number of hydrogen-bond acceptors (Lipinski definition) is 4. The molecule has 140 valence electrons. The lowest BCUT2D eigenvalue weighted by atomic mass is 10.2. The topological polar surface area (TPSA) is 75.3 Å². The van der Waals surface area contributed by atoms with Crippen LogP contribution >= 0.6 is 23.4 Å². The van der Waals surface area contributed by atoms with Crippen LogP contribution < -0.4 is 10.0 Å². The average Bonchev–Trinajstić information content (AvgIpc) is 2.63. The van der Waals surface area contributed by atoms with E-state index in [1.165, 1.54) is 43.1 Å². The quantitative estimate of drug-likeness (QED) is 0.648. The van der Waals surface area contributed by atoms with Gasteiger partial charge in [-0.3, -0.25) is 4.79 Å². The minimum absolute atomic E-state index is 0.0384. The van der Waals surface area contributed by atoms with Gasteiger partial charge < -0.3 is 5.32 Å². The molecule has 2 aromatic carbocycles. The van der Waals surface area contributed by atoms with Crippen molar-refractivity contribution in [2.75, 3.05) is 19.3 Å². The molecule has 0 bridgehead atoms. The highest BCUT2D eigenvalue weighted by molar-refractivity contribution is 7.98. The third kappa shape index (κ3) is 5.44. The number of benzene rings is 2. The Morgan fingerprint density at radius 3 is 2.65 bits per heavy atom. The molecule has 0 radical (unpaired) electrons. The van der Waals surface area contributed by atoms with Crippen molar-refractivity contribution < 1.29 is 17.6 Å². The van der Waals surface area contributed by atoms with Gasteiger partial charge in [0.1, 0.15) is 5.82 Å². The second-order valence-electron chi connectivity index (χ2n) is 5.25. The highest BCUT2D eigenvalue weighted by atomic mass is 35.5. The number of halogens is 2. The number of carbonyl (C=O) groups excluding carboxylic acids is 1. The molecular weight excluding hydrogens is 399 g/mol. The number of rotatable bonds is 8. The Bertz CT molecular complexity index is 891. The Morgan fingerprint density at radius 2 is 1.96 bits per heavy atom. The van der Waals surface area contributed by atoms with Gasteiger partial charge in [0.2, 0.25) is 10.0 Å². The Kier molecular flexibility index (Phi) is 7.45. The first-order valence-corrected chi connectivity index (χ1v) is 10.7. The Labute approximate surface area is 161 Å². The van der Waals surface area contributed by atoms with Crippen LogP contribution in [-0.2, 0) is 15.8 Å². The van der Waals surface area contributed by atoms with E-state index in [4.69, 9.17) is 11.6 Å². The van der Waals surface area contributed by atoms with E-state index < -0.39 is 15.9 Å². The van der Waals surface area contributed by atoms with Gasteiger partial charge in [-0.05, 0) is 36.9 Å². The fourth-order valence-corrected chi connectivity index (χ4v) is 3.90. The van der Waals surface area contributed by atoms with Gasteiger partial charge in [-0.25, -0.2) is 17.5 Å². The summed E-state index contributed by atoms with van der Waals surface area (Å²) in [7, 11) is -2.37. The molecule has 1 amide bonds. The summed E-state index contributed by atoms with van der Waals surface area (Å²) in [6, 6.07) is 10.5. The maximum atomic E-state index is 13.5. The molecule has 0 aliphatic heterocycles. The molecule has 0 aliphatic carbocycles. The summed E-state index contributed by atoms with van der Waals surface area (Å²) in [5, 5.41) is 2.85. The fourth-order valence-electron chi connectivity index (χ4n) is 2.09. The highest BCUT2D eigenvalue weighted by Crippen LogP contribution is 2.20. The van der Waals surface area contributed by atoms with Crippen LogP contribution in [0, 0.1) is 5.82 Å². The zero-order valence-corrected chi connectivity index (χ0v) is 16.3. The Morgan fingerprint density at radius 1 is 1.23 bits per heavy atom. The number of sulfonamides is 1. The second-order valence-corrected chi connectivity index (χ2v) is 8.65. The van der Waals surface area contributed by atoms with Gasteiger partial charge in [-0.2, -0.15) is 11.8 Å². The molecule has 26 heavy (non-hydrogen) atoms. The van der Waals surface area contributed by atoms with Crippen LogP contribution in [0.15, 0.2) is 47.4 Å². The van der Waals surface area contributed by atoms with Gasteiger partial charge in [0.05, 0.1) is 15.5 Å². The van der Waals surface area contributed by atoms with Gasteiger partial charge in [-0.15, -0.1) is 0 Å². The maximum Gasteiger partial charge on any atom is 0.252 e. The molecule has 0 fully saturated rings. The second kappa shape index (κ2) is 9.36. The van der Waals surface area contributed by atoms with Crippen molar-refractivity contribution in [1.29, 1.82) is 0 Å². The molecule has 0 saturated carbocycles. The summed E-state index contributed by atoms with van der Waals surface area (Å²) >= 11 is 7.48. The SMILES string of the molecule is CNS(=O)(=O)c1ccc(Cl)c(C(=O)NCCSCc2ccccc2F)c1. The van der Waals surface area contributed by atoms with Gasteiger partial charge in [-0.1, -0.05) is 29.8 Å². The molecule has 0 aliphatic rings. The summed E-state index contributed by atoms with van der Waals surface area (Å²) in [4.78, 5) is 12.2. The largest absolute Gasteiger partial charge is 0.351 e. The maximum absolute atomic E-state index is 13.5. The first-order chi connectivity index (χ1) is 12.3. The van der Waals surface area contributed by atoms with Crippen molar-refractivity contribution in [3.8, 4) is 0 Å². The van der Waals surface area contributed by atoms with E-state index in [0.29, 0.717) is 23.6 Å². The van der Waals surface area contributed by atoms with Crippen molar-refractivity contribution in [3.05, 3.63) is 64.4 Å². The van der Waals surface area contributed by atoms with Crippen LogP contribution in [0.4, 0.5) is 4.39 Å². The molecule has 9 heteroatoms. The third-order valence-corrected chi connectivity index (χ3v) is 6.26. The average molecular weight is 417 g/mol. The highest BCUT2D eigenvalue weighted by Gasteiger charge is 2.17. The minimum Gasteiger partial charge on any atom is -0.351 e. The molecule has 2 N–H and O–H groups in total. The number of amides is 1. The molecule has 0 atom stereocenters. The van der Waals surface area contributed by atoms with Gasteiger partial charge in [0, 0.05) is 18.1 Å². The number of hydrogen-bond donors (Lipinski definition) is 2. The van der Waals surface area contributed by atoms with E-state index in [-0.39, 0.29) is 21.3 Å². The monoisotopic (exact) mass is 416 g/mol. The van der Waals surface area contributed by atoms with E-state index >= 15 is 0 Å². The van der Waals surface area contributed by atoms with Gasteiger partial charge in [0.15, 0.2) is 0 Å². The molecule has 2 rings (SSSR count). The fraction of sp³-hybridized carbons (Fsp3) is 0.235. The molecule has 0 aromatic heterocycles. The zero-order valence-electron chi connectivity index (χ0n) is 14.0. The standard InChI is InChI=1S/C17H18ClFN2O3S2/c1-20-26(23,24)13-6-7-15(18)14(10-13)17(22)21-8-9-25-11-12-4-2-3-5-16(12)19/h2-7,10,20H,8-9,11H2,1H3,(H,21,22). The summed E-state index contributed by atoms with van der Waals surface area (Å²) in [6.45, 7) is 0.345. The number of carbonyl (C=O) groups is 1. The van der Waals surface area contributed by atoms with E-state index in [2.05, 4.69) is 10.0 Å². The third-order valence-electron chi connectivity index (χ3n) is 3.51. The van der Waals surface area contributed by atoms with Crippen LogP contribution in [0.2, 0.25) is 5.02 Å². The number of nitrogens with one attached hydrogen (secondary N) is 2. The van der Waals surface area contributed by atoms with E-state index in [9.17, 15) is 17.6 Å². The molecule has 0 heterocycles. The van der Waals surface area contributed by atoms with Crippen LogP contribution in [0.25, 0.3) is 0 Å².